The second-order valence-electron chi connectivity index (χ2n) is 4.92. The van der Waals surface area contributed by atoms with Crippen LogP contribution in [0.25, 0.3) is 0 Å². The molecule has 0 spiro atoms. The number of hydrogen-bond donors (Lipinski definition) is 3. The van der Waals surface area contributed by atoms with E-state index >= 15 is 0 Å². The van der Waals surface area contributed by atoms with Crippen molar-refractivity contribution >= 4 is 46.4 Å². The number of thioether (sulfide) groups is 1. The SMILES string of the molecule is NC(=S)Nc1ccc(SCC(=O)Nc2ccc(OC(F)(F)F)cc2)cc1. The van der Waals surface area contributed by atoms with Crippen LogP contribution in [0.3, 0.4) is 0 Å². The van der Waals surface area contributed by atoms with Crippen molar-refractivity contribution in [2.75, 3.05) is 16.4 Å². The molecule has 0 aromatic heterocycles. The zero-order chi connectivity index (χ0) is 19.2. The van der Waals surface area contributed by atoms with E-state index in [9.17, 15) is 18.0 Å². The molecule has 26 heavy (non-hydrogen) atoms. The minimum absolute atomic E-state index is 0.142. The molecule has 5 nitrogen and oxygen atoms in total. The van der Waals surface area contributed by atoms with Crippen molar-refractivity contribution in [2.45, 2.75) is 11.3 Å². The summed E-state index contributed by atoms with van der Waals surface area (Å²) in [6, 6.07) is 12.1. The Morgan fingerprint density at radius 1 is 1.04 bits per heavy atom. The molecule has 2 rings (SSSR count). The number of amides is 1. The van der Waals surface area contributed by atoms with Gasteiger partial charge in [0, 0.05) is 16.3 Å². The minimum atomic E-state index is -4.75. The lowest BCUT2D eigenvalue weighted by Crippen LogP contribution is -2.18. The molecule has 0 aliphatic rings. The Bertz CT molecular complexity index is 766. The standard InChI is InChI=1S/C16H14F3N3O2S2/c17-16(18,19)24-12-5-1-10(2-6-12)21-14(23)9-26-13-7-3-11(4-8-13)22-15(20)25/h1-8H,9H2,(H,21,23)(H3,20,22,25). The third-order valence-electron chi connectivity index (χ3n) is 2.86. The van der Waals surface area contributed by atoms with Gasteiger partial charge in [-0.25, -0.2) is 0 Å². The van der Waals surface area contributed by atoms with Crippen LogP contribution in [0.15, 0.2) is 53.4 Å². The Morgan fingerprint density at radius 3 is 2.12 bits per heavy atom. The molecular formula is C16H14F3N3O2S2. The fraction of sp³-hybridized carbons (Fsp3) is 0.125. The van der Waals surface area contributed by atoms with Gasteiger partial charge in [-0.2, -0.15) is 0 Å². The average Bonchev–Trinajstić information content (AvgIpc) is 2.54. The second kappa shape index (κ2) is 8.77. The van der Waals surface area contributed by atoms with Crippen LogP contribution in [0, 0.1) is 0 Å². The molecule has 0 saturated carbocycles. The van der Waals surface area contributed by atoms with Gasteiger partial charge in [0.2, 0.25) is 5.91 Å². The first-order chi connectivity index (χ1) is 12.2. The third-order valence-corrected chi connectivity index (χ3v) is 3.98. The molecule has 10 heteroatoms. The molecule has 0 fully saturated rings. The molecule has 0 aliphatic carbocycles. The summed E-state index contributed by atoms with van der Waals surface area (Å²) in [6.07, 6.45) is -4.75. The number of carbonyl (C=O) groups is 1. The number of benzene rings is 2. The Labute approximate surface area is 157 Å². The highest BCUT2D eigenvalue weighted by Gasteiger charge is 2.30. The molecule has 2 aromatic carbocycles. The van der Waals surface area contributed by atoms with Gasteiger partial charge in [-0.3, -0.25) is 4.79 Å². The average molecular weight is 401 g/mol. The summed E-state index contributed by atoms with van der Waals surface area (Å²) in [7, 11) is 0. The first-order valence-corrected chi connectivity index (χ1v) is 8.56. The molecule has 138 valence electrons. The van der Waals surface area contributed by atoms with Crippen LogP contribution in [0.1, 0.15) is 0 Å². The topological polar surface area (TPSA) is 76.4 Å². The maximum atomic E-state index is 12.1. The van der Waals surface area contributed by atoms with Crippen molar-refractivity contribution < 1.29 is 22.7 Å². The van der Waals surface area contributed by atoms with Crippen LogP contribution >= 0.6 is 24.0 Å². The van der Waals surface area contributed by atoms with E-state index in [-0.39, 0.29) is 22.5 Å². The summed E-state index contributed by atoms with van der Waals surface area (Å²) < 4.78 is 40.0. The summed E-state index contributed by atoms with van der Waals surface area (Å²) in [5, 5.41) is 5.55. The lowest BCUT2D eigenvalue weighted by molar-refractivity contribution is -0.274. The van der Waals surface area contributed by atoms with Gasteiger partial charge in [0.15, 0.2) is 5.11 Å². The van der Waals surface area contributed by atoms with E-state index in [2.05, 4.69) is 15.4 Å². The normalized spacial score (nSPS) is 10.9. The summed E-state index contributed by atoms with van der Waals surface area (Å²) >= 11 is 6.05. The van der Waals surface area contributed by atoms with Crippen LogP contribution in [0.2, 0.25) is 0 Å². The van der Waals surface area contributed by atoms with Gasteiger partial charge < -0.3 is 21.1 Å². The van der Waals surface area contributed by atoms with Crippen LogP contribution in [-0.2, 0) is 4.79 Å². The number of ether oxygens (including phenoxy) is 1. The number of halogens is 3. The van der Waals surface area contributed by atoms with Gasteiger partial charge in [-0.05, 0) is 60.7 Å². The molecular weight excluding hydrogens is 387 g/mol. The maximum Gasteiger partial charge on any atom is 0.573 e. The first kappa shape index (κ1) is 19.9. The lowest BCUT2D eigenvalue weighted by Gasteiger charge is -2.10. The number of anilines is 2. The van der Waals surface area contributed by atoms with Crippen molar-refractivity contribution in [1.82, 2.24) is 0 Å². The van der Waals surface area contributed by atoms with E-state index in [0.717, 1.165) is 22.7 Å². The number of alkyl halides is 3. The first-order valence-electron chi connectivity index (χ1n) is 7.16. The molecule has 2 aromatic rings. The van der Waals surface area contributed by atoms with Crippen LogP contribution < -0.4 is 21.1 Å². The van der Waals surface area contributed by atoms with E-state index in [1.807, 2.05) is 12.1 Å². The summed E-state index contributed by atoms with van der Waals surface area (Å²) in [5.74, 6) is -0.497. The monoisotopic (exact) mass is 401 g/mol. The highest BCUT2D eigenvalue weighted by atomic mass is 32.2. The smallest absolute Gasteiger partial charge is 0.406 e. The minimum Gasteiger partial charge on any atom is -0.406 e. The third kappa shape index (κ3) is 7.19. The fourth-order valence-electron chi connectivity index (χ4n) is 1.86. The summed E-state index contributed by atoms with van der Waals surface area (Å²) in [6.45, 7) is 0. The van der Waals surface area contributed by atoms with Crippen molar-refractivity contribution in [3.63, 3.8) is 0 Å². The van der Waals surface area contributed by atoms with E-state index in [4.69, 9.17) is 18.0 Å². The van der Waals surface area contributed by atoms with Crippen molar-refractivity contribution in [2.24, 2.45) is 5.73 Å². The molecule has 0 atom stereocenters. The summed E-state index contributed by atoms with van der Waals surface area (Å²) in [4.78, 5) is 12.8. The lowest BCUT2D eigenvalue weighted by atomic mass is 10.3. The Hall–Kier alpha value is -2.46. The molecule has 0 radical (unpaired) electrons. The Morgan fingerprint density at radius 2 is 1.58 bits per heavy atom. The van der Waals surface area contributed by atoms with Crippen LogP contribution in [-0.4, -0.2) is 23.1 Å². The molecule has 0 unspecified atom stereocenters. The van der Waals surface area contributed by atoms with Gasteiger partial charge in [0.25, 0.3) is 0 Å². The number of hydrogen-bond acceptors (Lipinski definition) is 4. The maximum absolute atomic E-state index is 12.1. The number of carbonyl (C=O) groups excluding carboxylic acids is 1. The molecule has 4 N–H and O–H groups in total. The highest BCUT2D eigenvalue weighted by Crippen LogP contribution is 2.24. The molecule has 0 bridgehead atoms. The number of nitrogens with two attached hydrogens (primary N) is 1. The van der Waals surface area contributed by atoms with Crippen LogP contribution in [0.5, 0.6) is 5.75 Å². The Balaban J connectivity index is 1.82. The van der Waals surface area contributed by atoms with Crippen molar-refractivity contribution in [3.05, 3.63) is 48.5 Å². The second-order valence-corrected chi connectivity index (χ2v) is 6.41. The number of thiocarbonyl (C=S) groups is 1. The zero-order valence-corrected chi connectivity index (χ0v) is 14.8. The molecule has 0 saturated heterocycles. The van der Waals surface area contributed by atoms with Gasteiger partial charge in [0.1, 0.15) is 5.75 Å². The number of nitrogens with one attached hydrogen (secondary N) is 2. The molecule has 0 aliphatic heterocycles. The van der Waals surface area contributed by atoms with Crippen molar-refractivity contribution in [3.8, 4) is 5.75 Å². The number of rotatable bonds is 6. The van der Waals surface area contributed by atoms with E-state index in [1.54, 1.807) is 12.1 Å². The zero-order valence-electron chi connectivity index (χ0n) is 13.2. The molecule has 0 heterocycles. The van der Waals surface area contributed by atoms with E-state index < -0.39 is 6.36 Å². The van der Waals surface area contributed by atoms with Gasteiger partial charge in [0.05, 0.1) is 5.75 Å². The quantitative estimate of drug-likeness (QED) is 0.502. The predicted molar refractivity (Wildman–Crippen MR) is 99.3 cm³/mol. The van der Waals surface area contributed by atoms with E-state index in [1.165, 1.54) is 23.9 Å². The van der Waals surface area contributed by atoms with E-state index in [0.29, 0.717) is 5.69 Å². The highest BCUT2D eigenvalue weighted by molar-refractivity contribution is 8.00. The van der Waals surface area contributed by atoms with Gasteiger partial charge in [-0.1, -0.05) is 0 Å². The van der Waals surface area contributed by atoms with Gasteiger partial charge >= 0.3 is 6.36 Å². The fourth-order valence-corrected chi connectivity index (χ4v) is 2.68. The van der Waals surface area contributed by atoms with Crippen LogP contribution in [0.4, 0.5) is 24.5 Å². The largest absolute Gasteiger partial charge is 0.573 e. The summed E-state index contributed by atoms with van der Waals surface area (Å²) in [5.41, 5.74) is 6.49. The molecule has 1 amide bonds. The predicted octanol–water partition coefficient (Wildman–Crippen LogP) is 3.97. The van der Waals surface area contributed by atoms with Crippen molar-refractivity contribution in [1.29, 1.82) is 0 Å². The Kier molecular flexibility index (Phi) is 6.70. The van der Waals surface area contributed by atoms with Gasteiger partial charge in [-0.15, -0.1) is 24.9 Å².